The van der Waals surface area contributed by atoms with Crippen LogP contribution in [0.4, 0.5) is 5.69 Å². The molecule has 0 amide bonds. The van der Waals surface area contributed by atoms with Crippen LogP contribution in [-0.2, 0) is 22.4 Å². The van der Waals surface area contributed by atoms with E-state index in [-0.39, 0.29) is 5.97 Å². The Morgan fingerprint density at radius 1 is 1.20 bits per heavy atom. The number of benzene rings is 1. The fraction of sp³-hybridized carbons (Fsp3) is 0.471. The molecule has 3 heteroatoms. The van der Waals surface area contributed by atoms with E-state index in [0.717, 1.165) is 17.0 Å². The number of hydrogen-bond donors (Lipinski definition) is 1. The first-order chi connectivity index (χ1) is 9.60. The molecular weight excluding hydrogens is 250 g/mol. The fourth-order valence-corrected chi connectivity index (χ4v) is 2.56. The highest BCUT2D eigenvalue weighted by Crippen LogP contribution is 2.25. The summed E-state index contributed by atoms with van der Waals surface area (Å²) >= 11 is 0. The number of hydrogen-bond acceptors (Lipinski definition) is 3. The van der Waals surface area contributed by atoms with Gasteiger partial charge >= 0.3 is 5.97 Å². The highest BCUT2D eigenvalue weighted by Gasteiger charge is 2.10. The molecule has 2 rings (SSSR count). The van der Waals surface area contributed by atoms with Crippen LogP contribution < -0.4 is 5.32 Å². The Kier molecular flexibility index (Phi) is 4.83. The van der Waals surface area contributed by atoms with Crippen molar-refractivity contribution in [1.29, 1.82) is 0 Å². The minimum absolute atomic E-state index is 0.200. The Bertz CT molecular complexity index is 532. The van der Waals surface area contributed by atoms with Gasteiger partial charge in [-0.25, -0.2) is 0 Å². The Labute approximate surface area is 121 Å². The molecule has 1 aliphatic carbocycles. The zero-order valence-corrected chi connectivity index (χ0v) is 12.6. The second-order valence-electron chi connectivity index (χ2n) is 5.47. The topological polar surface area (TPSA) is 38.3 Å². The lowest BCUT2D eigenvalue weighted by molar-refractivity contribution is -0.139. The van der Waals surface area contributed by atoms with Crippen molar-refractivity contribution in [3.8, 4) is 0 Å². The highest BCUT2D eigenvalue weighted by molar-refractivity contribution is 5.72. The summed E-state index contributed by atoms with van der Waals surface area (Å²) in [5.74, 6) is -0.200. The number of fused-ring (bicyclic) bond motifs is 1. The lowest BCUT2D eigenvalue weighted by Crippen LogP contribution is -2.07. The van der Waals surface area contributed by atoms with E-state index in [2.05, 4.69) is 23.5 Å². The third kappa shape index (κ3) is 3.62. The van der Waals surface area contributed by atoms with Crippen LogP contribution in [-0.4, -0.2) is 13.1 Å². The van der Waals surface area contributed by atoms with Gasteiger partial charge in [0.25, 0.3) is 0 Å². The van der Waals surface area contributed by atoms with E-state index in [1.165, 1.54) is 43.9 Å². The van der Waals surface area contributed by atoms with E-state index in [4.69, 9.17) is 4.74 Å². The van der Waals surface area contributed by atoms with Crippen LogP contribution in [0.2, 0.25) is 0 Å². The zero-order valence-electron chi connectivity index (χ0n) is 12.6. The van der Waals surface area contributed by atoms with Gasteiger partial charge in [0, 0.05) is 11.4 Å². The zero-order chi connectivity index (χ0) is 14.5. The first kappa shape index (κ1) is 14.6. The maximum absolute atomic E-state index is 11.3. The summed E-state index contributed by atoms with van der Waals surface area (Å²) in [6.07, 6.45) is 5.30. The number of esters is 1. The molecule has 1 aliphatic rings. The smallest absolute Gasteiger partial charge is 0.309 e. The third-order valence-corrected chi connectivity index (χ3v) is 3.96. The number of rotatable bonds is 4. The molecule has 20 heavy (non-hydrogen) atoms. The van der Waals surface area contributed by atoms with Crippen molar-refractivity contribution < 1.29 is 9.53 Å². The van der Waals surface area contributed by atoms with Gasteiger partial charge in [0.1, 0.15) is 0 Å². The summed E-state index contributed by atoms with van der Waals surface area (Å²) in [5.41, 5.74) is 6.07. The van der Waals surface area contributed by atoms with Crippen LogP contribution in [0.15, 0.2) is 29.5 Å². The molecule has 0 saturated carbocycles. The third-order valence-electron chi connectivity index (χ3n) is 3.96. The van der Waals surface area contributed by atoms with Crippen LogP contribution in [0.5, 0.6) is 0 Å². The van der Waals surface area contributed by atoms with Crippen molar-refractivity contribution in [1.82, 2.24) is 0 Å². The van der Waals surface area contributed by atoms with E-state index < -0.39 is 0 Å². The molecule has 0 radical (unpaired) electrons. The van der Waals surface area contributed by atoms with Crippen molar-refractivity contribution in [3.63, 3.8) is 0 Å². The second-order valence-corrected chi connectivity index (χ2v) is 5.47. The van der Waals surface area contributed by atoms with E-state index in [9.17, 15) is 4.79 Å². The van der Waals surface area contributed by atoms with Gasteiger partial charge in [-0.2, -0.15) is 0 Å². The molecule has 0 unspecified atom stereocenters. The van der Waals surface area contributed by atoms with Gasteiger partial charge < -0.3 is 10.1 Å². The van der Waals surface area contributed by atoms with Gasteiger partial charge in [-0.1, -0.05) is 6.07 Å². The quantitative estimate of drug-likeness (QED) is 0.847. The molecule has 0 aliphatic heterocycles. The van der Waals surface area contributed by atoms with E-state index in [1.807, 2.05) is 13.8 Å². The lowest BCUT2D eigenvalue weighted by Gasteiger charge is -2.18. The molecule has 0 spiro atoms. The van der Waals surface area contributed by atoms with Crippen LogP contribution >= 0.6 is 0 Å². The molecule has 0 saturated heterocycles. The molecule has 3 nitrogen and oxygen atoms in total. The monoisotopic (exact) mass is 273 g/mol. The highest BCUT2D eigenvalue weighted by atomic mass is 16.5. The SMILES string of the molecule is COC(=O)C/C(C)=C(\C)Nc1ccc2c(c1)CCCC2. The lowest BCUT2D eigenvalue weighted by atomic mass is 9.91. The number of carbonyl (C=O) groups is 1. The molecule has 0 aromatic heterocycles. The largest absolute Gasteiger partial charge is 0.469 e. The van der Waals surface area contributed by atoms with Gasteiger partial charge in [0.05, 0.1) is 13.5 Å². The Morgan fingerprint density at radius 2 is 1.90 bits per heavy atom. The van der Waals surface area contributed by atoms with Crippen molar-refractivity contribution in [3.05, 3.63) is 40.6 Å². The van der Waals surface area contributed by atoms with Gasteiger partial charge in [0.15, 0.2) is 0 Å². The molecule has 0 heterocycles. The number of carbonyl (C=O) groups excluding carboxylic acids is 1. The van der Waals surface area contributed by atoms with Crippen molar-refractivity contribution in [2.24, 2.45) is 0 Å². The van der Waals surface area contributed by atoms with Gasteiger partial charge in [0.2, 0.25) is 0 Å². The van der Waals surface area contributed by atoms with Crippen molar-refractivity contribution in [2.75, 3.05) is 12.4 Å². The van der Waals surface area contributed by atoms with Crippen LogP contribution in [0.25, 0.3) is 0 Å². The summed E-state index contributed by atoms with van der Waals surface area (Å²) in [7, 11) is 1.42. The molecule has 1 aromatic carbocycles. The molecular formula is C17H23NO2. The van der Waals surface area contributed by atoms with Crippen molar-refractivity contribution >= 4 is 11.7 Å². The summed E-state index contributed by atoms with van der Waals surface area (Å²) in [5, 5.41) is 3.39. The van der Waals surface area contributed by atoms with Gasteiger partial charge in [-0.05, 0) is 68.4 Å². The van der Waals surface area contributed by atoms with Crippen LogP contribution in [0, 0.1) is 0 Å². The summed E-state index contributed by atoms with van der Waals surface area (Å²) in [6, 6.07) is 6.59. The fourth-order valence-electron chi connectivity index (χ4n) is 2.56. The first-order valence-electron chi connectivity index (χ1n) is 7.22. The summed E-state index contributed by atoms with van der Waals surface area (Å²) in [6.45, 7) is 3.95. The number of ether oxygens (including phenoxy) is 1. The Hall–Kier alpha value is -1.77. The van der Waals surface area contributed by atoms with Crippen LogP contribution in [0.3, 0.4) is 0 Å². The number of nitrogens with one attached hydrogen (secondary N) is 1. The number of aryl methyl sites for hydroxylation is 2. The number of anilines is 1. The molecule has 0 bridgehead atoms. The van der Waals surface area contributed by atoms with Crippen LogP contribution in [0.1, 0.15) is 44.2 Å². The predicted molar refractivity (Wildman–Crippen MR) is 81.7 cm³/mol. The standard InChI is InChI=1S/C17H23NO2/c1-12(10-17(19)20-3)13(2)18-16-9-8-14-6-4-5-7-15(14)11-16/h8-9,11,18H,4-7,10H2,1-3H3/b13-12+. The molecule has 0 atom stereocenters. The molecule has 1 N–H and O–H groups in total. The van der Waals surface area contributed by atoms with E-state index in [0.29, 0.717) is 6.42 Å². The predicted octanol–water partition coefficient (Wildman–Crippen LogP) is 3.83. The summed E-state index contributed by atoms with van der Waals surface area (Å²) in [4.78, 5) is 11.3. The minimum atomic E-state index is -0.200. The average molecular weight is 273 g/mol. The maximum Gasteiger partial charge on any atom is 0.309 e. The Balaban J connectivity index is 2.09. The molecule has 108 valence electrons. The Morgan fingerprint density at radius 3 is 2.60 bits per heavy atom. The molecule has 0 fully saturated rings. The van der Waals surface area contributed by atoms with Crippen molar-refractivity contribution in [2.45, 2.75) is 46.0 Å². The maximum atomic E-state index is 11.3. The van der Waals surface area contributed by atoms with E-state index >= 15 is 0 Å². The summed E-state index contributed by atoms with van der Waals surface area (Å²) < 4.78 is 4.69. The van der Waals surface area contributed by atoms with E-state index in [1.54, 1.807) is 0 Å². The average Bonchev–Trinajstić information content (AvgIpc) is 2.46. The molecule has 1 aromatic rings. The van der Waals surface area contributed by atoms with Gasteiger partial charge in [-0.3, -0.25) is 4.79 Å². The number of methoxy groups -OCH3 is 1. The second kappa shape index (κ2) is 6.60. The normalized spacial score (nSPS) is 15.2. The van der Waals surface area contributed by atoms with Gasteiger partial charge in [-0.15, -0.1) is 0 Å². The first-order valence-corrected chi connectivity index (χ1v) is 7.22. The minimum Gasteiger partial charge on any atom is -0.469 e. The number of allylic oxidation sites excluding steroid dienone is 1.